The van der Waals surface area contributed by atoms with Gasteiger partial charge in [0.25, 0.3) is 0 Å². The van der Waals surface area contributed by atoms with Crippen molar-refractivity contribution >= 4 is 22.7 Å². The second-order valence-corrected chi connectivity index (χ2v) is 7.79. The molecule has 2 rings (SSSR count). The van der Waals surface area contributed by atoms with Crippen LogP contribution in [0, 0.1) is 21.3 Å². The monoisotopic (exact) mass is 385 g/mol. The molecule has 6 N–H and O–H groups in total. The predicted molar refractivity (Wildman–Crippen MR) is 126 cm³/mol. The maximum atomic E-state index is 5.90. The lowest BCUT2D eigenvalue weighted by Crippen LogP contribution is -2.50. The van der Waals surface area contributed by atoms with Crippen LogP contribution in [0.5, 0.6) is 0 Å². The van der Waals surface area contributed by atoms with Crippen LogP contribution in [0.15, 0.2) is 36.4 Å². The SMILES string of the molecule is CCC[N+](C)(CCNc1ccc(N)c(C)c1)CCNc1ccc(N)c(C)c1.[CH3-]. The van der Waals surface area contributed by atoms with E-state index < -0.39 is 0 Å². The van der Waals surface area contributed by atoms with Gasteiger partial charge in [0.15, 0.2) is 0 Å². The van der Waals surface area contributed by atoms with Crippen molar-refractivity contribution in [3.63, 3.8) is 0 Å². The van der Waals surface area contributed by atoms with Crippen molar-refractivity contribution in [2.45, 2.75) is 27.2 Å². The van der Waals surface area contributed by atoms with Crippen molar-refractivity contribution in [3.8, 4) is 0 Å². The number of nitrogens with one attached hydrogen (secondary N) is 2. The van der Waals surface area contributed by atoms with Crippen molar-refractivity contribution < 1.29 is 4.48 Å². The fourth-order valence-electron chi connectivity index (χ4n) is 3.39. The van der Waals surface area contributed by atoms with Crippen LogP contribution in [-0.2, 0) is 0 Å². The van der Waals surface area contributed by atoms with Crippen LogP contribution in [-0.4, -0.2) is 44.3 Å². The standard InChI is InChI=1S/C22H36N5.CH3/c1-5-12-27(4,13-10-25-19-6-8-21(23)17(2)15-19)14-11-26-20-7-9-22(24)18(3)16-20;/h6-9,15-16,25-26H,5,10-14,23-24H2,1-4H3;1H3/q+1;-1. The summed E-state index contributed by atoms with van der Waals surface area (Å²) >= 11 is 0. The molecule has 0 aliphatic rings. The Balaban J connectivity index is 0.00000392. The molecule has 0 aromatic heterocycles. The number of anilines is 4. The first-order chi connectivity index (χ1) is 12.8. The summed E-state index contributed by atoms with van der Waals surface area (Å²) < 4.78 is 1.04. The van der Waals surface area contributed by atoms with E-state index in [1.807, 2.05) is 26.0 Å². The van der Waals surface area contributed by atoms with Gasteiger partial charge in [-0.3, -0.25) is 0 Å². The minimum Gasteiger partial charge on any atom is -0.399 e. The minimum atomic E-state index is 0. The lowest BCUT2D eigenvalue weighted by molar-refractivity contribution is -0.906. The Hall–Kier alpha value is -2.40. The van der Waals surface area contributed by atoms with E-state index in [0.29, 0.717) is 0 Å². The summed E-state index contributed by atoms with van der Waals surface area (Å²) in [5, 5.41) is 7.09. The summed E-state index contributed by atoms with van der Waals surface area (Å²) in [4.78, 5) is 0. The summed E-state index contributed by atoms with van der Waals surface area (Å²) in [6.07, 6.45) is 1.18. The molecule has 2 aromatic carbocycles. The predicted octanol–water partition coefficient (Wildman–Crippen LogP) is 4.30. The maximum absolute atomic E-state index is 5.90. The third-order valence-corrected chi connectivity index (χ3v) is 5.26. The lowest BCUT2D eigenvalue weighted by atomic mass is 10.2. The van der Waals surface area contributed by atoms with Gasteiger partial charge in [-0.2, -0.15) is 0 Å². The number of nitrogen functional groups attached to an aromatic ring is 2. The highest BCUT2D eigenvalue weighted by Gasteiger charge is 2.19. The lowest BCUT2D eigenvalue weighted by Gasteiger charge is -2.35. The normalized spacial score (nSPS) is 11.0. The Kier molecular flexibility index (Phi) is 9.13. The molecule has 0 saturated carbocycles. The third-order valence-electron chi connectivity index (χ3n) is 5.26. The Labute approximate surface area is 171 Å². The zero-order valence-electron chi connectivity index (χ0n) is 18.3. The molecule has 0 spiro atoms. The van der Waals surface area contributed by atoms with Crippen LogP contribution in [0.3, 0.4) is 0 Å². The molecule has 0 saturated heterocycles. The van der Waals surface area contributed by atoms with Crippen LogP contribution in [0.4, 0.5) is 22.7 Å². The Morgan fingerprint density at radius 2 is 1.21 bits per heavy atom. The second-order valence-electron chi connectivity index (χ2n) is 7.79. The second kappa shape index (κ2) is 10.8. The number of quaternary nitrogens is 1. The zero-order chi connectivity index (χ0) is 19.9. The molecule has 0 aliphatic carbocycles. The molecule has 156 valence electrons. The van der Waals surface area contributed by atoms with Crippen LogP contribution in [0.1, 0.15) is 24.5 Å². The van der Waals surface area contributed by atoms with Gasteiger partial charge in [0, 0.05) is 22.7 Å². The molecular formula is C23H39N5. The molecule has 0 heterocycles. The summed E-state index contributed by atoms with van der Waals surface area (Å²) in [6, 6.07) is 12.3. The molecule has 0 atom stereocenters. The van der Waals surface area contributed by atoms with Gasteiger partial charge in [-0.05, 0) is 67.8 Å². The van der Waals surface area contributed by atoms with E-state index in [0.717, 1.165) is 64.5 Å². The van der Waals surface area contributed by atoms with E-state index in [4.69, 9.17) is 11.5 Å². The van der Waals surface area contributed by atoms with Gasteiger partial charge < -0.3 is 34.0 Å². The van der Waals surface area contributed by atoms with Crippen LogP contribution in [0.2, 0.25) is 0 Å². The first-order valence-corrected chi connectivity index (χ1v) is 9.86. The number of aryl methyl sites for hydroxylation is 2. The van der Waals surface area contributed by atoms with Gasteiger partial charge in [-0.1, -0.05) is 6.92 Å². The van der Waals surface area contributed by atoms with Gasteiger partial charge >= 0.3 is 0 Å². The average molecular weight is 386 g/mol. The average Bonchev–Trinajstić information content (AvgIpc) is 2.61. The van der Waals surface area contributed by atoms with Gasteiger partial charge in [0.1, 0.15) is 0 Å². The van der Waals surface area contributed by atoms with Gasteiger partial charge in [-0.25, -0.2) is 0 Å². The van der Waals surface area contributed by atoms with Crippen LogP contribution < -0.4 is 22.1 Å². The number of nitrogens with two attached hydrogens (primary N) is 2. The van der Waals surface area contributed by atoms with E-state index in [1.54, 1.807) is 0 Å². The Morgan fingerprint density at radius 3 is 1.57 bits per heavy atom. The van der Waals surface area contributed by atoms with Gasteiger partial charge in [0.05, 0.1) is 39.8 Å². The fraction of sp³-hybridized carbons (Fsp3) is 0.435. The summed E-state index contributed by atoms with van der Waals surface area (Å²) in [5.41, 5.74) is 18.0. The molecule has 0 amide bonds. The molecular weight excluding hydrogens is 346 g/mol. The van der Waals surface area contributed by atoms with Crippen LogP contribution >= 0.6 is 0 Å². The van der Waals surface area contributed by atoms with Crippen molar-refractivity contribution in [2.75, 3.05) is 61.9 Å². The molecule has 2 aromatic rings. The van der Waals surface area contributed by atoms with E-state index in [-0.39, 0.29) is 7.43 Å². The molecule has 28 heavy (non-hydrogen) atoms. The largest absolute Gasteiger partial charge is 0.399 e. The van der Waals surface area contributed by atoms with Gasteiger partial charge in [-0.15, -0.1) is 0 Å². The zero-order valence-corrected chi connectivity index (χ0v) is 18.3. The first kappa shape index (κ1) is 23.6. The number of hydrogen-bond acceptors (Lipinski definition) is 4. The van der Waals surface area contributed by atoms with E-state index in [9.17, 15) is 0 Å². The number of likely N-dealkylation sites (N-methyl/N-ethyl adjacent to an activating group) is 1. The molecule has 0 aliphatic heterocycles. The number of hydrogen-bond donors (Lipinski definition) is 4. The Bertz CT molecular complexity index is 684. The number of rotatable bonds is 10. The van der Waals surface area contributed by atoms with Gasteiger partial charge in [0.2, 0.25) is 0 Å². The van der Waals surface area contributed by atoms with Crippen molar-refractivity contribution in [3.05, 3.63) is 55.0 Å². The van der Waals surface area contributed by atoms with E-state index in [1.165, 1.54) is 13.0 Å². The summed E-state index contributed by atoms with van der Waals surface area (Å²) in [7, 11) is 2.34. The highest BCUT2D eigenvalue weighted by atomic mass is 15.3. The molecule has 5 nitrogen and oxygen atoms in total. The smallest absolute Gasteiger partial charge is 0.0960 e. The highest BCUT2D eigenvalue weighted by molar-refractivity contribution is 5.57. The van der Waals surface area contributed by atoms with Crippen molar-refractivity contribution in [1.29, 1.82) is 0 Å². The first-order valence-electron chi connectivity index (χ1n) is 9.86. The molecule has 0 unspecified atom stereocenters. The quantitative estimate of drug-likeness (QED) is 0.279. The number of benzene rings is 2. The molecule has 0 bridgehead atoms. The highest BCUT2D eigenvalue weighted by Crippen LogP contribution is 2.18. The fourth-order valence-corrected chi connectivity index (χ4v) is 3.39. The number of nitrogens with zero attached hydrogens (tertiary/aromatic N) is 1. The maximum Gasteiger partial charge on any atom is 0.0960 e. The van der Waals surface area contributed by atoms with E-state index in [2.05, 4.69) is 48.9 Å². The molecule has 0 radical (unpaired) electrons. The third kappa shape index (κ3) is 6.97. The molecule has 5 heteroatoms. The Morgan fingerprint density at radius 1 is 0.786 bits per heavy atom. The van der Waals surface area contributed by atoms with E-state index >= 15 is 0 Å². The van der Waals surface area contributed by atoms with Crippen molar-refractivity contribution in [1.82, 2.24) is 0 Å². The molecule has 0 fully saturated rings. The summed E-state index contributed by atoms with van der Waals surface area (Å²) in [6.45, 7) is 11.6. The van der Waals surface area contributed by atoms with Crippen LogP contribution in [0.25, 0.3) is 0 Å². The summed E-state index contributed by atoms with van der Waals surface area (Å²) in [5.74, 6) is 0. The minimum absolute atomic E-state index is 0. The topological polar surface area (TPSA) is 76.1 Å². The van der Waals surface area contributed by atoms with Crippen molar-refractivity contribution in [2.24, 2.45) is 0 Å².